The second-order valence-electron chi connectivity index (χ2n) is 6.60. The van der Waals surface area contributed by atoms with E-state index in [1.54, 1.807) is 11.3 Å². The monoisotopic (exact) mass is 362 g/mol. The van der Waals surface area contributed by atoms with Crippen molar-refractivity contribution in [2.75, 3.05) is 32.8 Å². The quantitative estimate of drug-likeness (QED) is 0.847. The maximum absolute atomic E-state index is 12.3. The molecule has 4 rings (SSSR count). The third-order valence-electron chi connectivity index (χ3n) is 4.87. The summed E-state index contributed by atoms with van der Waals surface area (Å²) in [5, 5.41) is 9.09. The van der Waals surface area contributed by atoms with Gasteiger partial charge in [-0.2, -0.15) is 4.98 Å². The fraction of sp³-hybridized carbons (Fsp3) is 0.588. The molecule has 134 valence electrons. The number of thiophene rings is 1. The first kappa shape index (κ1) is 16.7. The Morgan fingerprint density at radius 2 is 2.36 bits per heavy atom. The number of rotatable bonds is 6. The Hall–Kier alpha value is -1.77. The largest absolute Gasteiger partial charge is 0.378 e. The van der Waals surface area contributed by atoms with Gasteiger partial charge in [0.15, 0.2) is 0 Å². The van der Waals surface area contributed by atoms with Crippen molar-refractivity contribution >= 4 is 17.2 Å². The molecule has 0 bridgehead atoms. The molecule has 1 aliphatic heterocycles. The van der Waals surface area contributed by atoms with E-state index in [-0.39, 0.29) is 11.9 Å². The first-order valence-corrected chi connectivity index (χ1v) is 9.63. The summed E-state index contributed by atoms with van der Waals surface area (Å²) in [6.45, 7) is 2.87. The van der Waals surface area contributed by atoms with Crippen LogP contribution in [0.3, 0.4) is 0 Å². The highest BCUT2D eigenvalue weighted by molar-refractivity contribution is 7.13. The Morgan fingerprint density at radius 3 is 3.12 bits per heavy atom. The van der Waals surface area contributed by atoms with Gasteiger partial charge in [0.2, 0.25) is 17.6 Å². The zero-order valence-corrected chi connectivity index (χ0v) is 14.8. The number of hydrogen-bond acceptors (Lipinski definition) is 7. The molecule has 25 heavy (non-hydrogen) atoms. The van der Waals surface area contributed by atoms with Crippen LogP contribution in [0.25, 0.3) is 10.7 Å². The number of morpholine rings is 1. The minimum atomic E-state index is -0.176. The van der Waals surface area contributed by atoms with Crippen LogP contribution in [-0.4, -0.2) is 53.8 Å². The van der Waals surface area contributed by atoms with Gasteiger partial charge in [0, 0.05) is 13.1 Å². The molecule has 3 heterocycles. The number of nitrogens with zero attached hydrogens (tertiary/aromatic N) is 3. The Labute approximate surface area is 150 Å². The molecule has 1 saturated heterocycles. The van der Waals surface area contributed by atoms with Gasteiger partial charge in [-0.25, -0.2) is 0 Å². The van der Waals surface area contributed by atoms with E-state index in [4.69, 9.17) is 9.26 Å². The number of ether oxygens (including phenoxy) is 1. The normalized spacial score (nSPS) is 21.8. The molecule has 0 spiro atoms. The van der Waals surface area contributed by atoms with Gasteiger partial charge in [-0.1, -0.05) is 17.6 Å². The lowest BCUT2D eigenvalue weighted by Gasteiger charge is -2.33. The molecule has 1 saturated carbocycles. The van der Waals surface area contributed by atoms with E-state index < -0.39 is 0 Å². The summed E-state index contributed by atoms with van der Waals surface area (Å²) < 4.78 is 11.0. The van der Waals surface area contributed by atoms with Crippen LogP contribution in [0.1, 0.15) is 31.2 Å². The minimum Gasteiger partial charge on any atom is -0.378 e. The third kappa shape index (κ3) is 3.91. The maximum Gasteiger partial charge on any atom is 0.246 e. The standard InChI is InChI=1S/C17H22N4O3S/c22-15(18-9-12-3-1-4-12)10-21-6-7-23-11-13(21)17-19-16(20-24-17)14-5-2-8-25-14/h2,5,8,12-13H,1,3-4,6-7,9-11H2,(H,18,22). The molecule has 7 nitrogen and oxygen atoms in total. The number of hydrogen-bond donors (Lipinski definition) is 1. The lowest BCUT2D eigenvalue weighted by Crippen LogP contribution is -2.46. The van der Waals surface area contributed by atoms with Gasteiger partial charge in [-0.05, 0) is 30.2 Å². The molecule has 2 aliphatic rings. The summed E-state index contributed by atoms with van der Waals surface area (Å²) in [6, 6.07) is 3.74. The van der Waals surface area contributed by atoms with Crippen molar-refractivity contribution in [3.8, 4) is 10.7 Å². The number of nitrogens with one attached hydrogen (secondary N) is 1. The van der Waals surface area contributed by atoms with Gasteiger partial charge in [0.1, 0.15) is 6.04 Å². The van der Waals surface area contributed by atoms with Gasteiger partial charge in [0.05, 0.1) is 24.6 Å². The lowest BCUT2D eigenvalue weighted by molar-refractivity contribution is -0.125. The zero-order chi connectivity index (χ0) is 17.1. The molecule has 8 heteroatoms. The van der Waals surface area contributed by atoms with Gasteiger partial charge >= 0.3 is 0 Å². The highest BCUT2D eigenvalue weighted by Gasteiger charge is 2.31. The number of carbonyl (C=O) groups excluding carboxylic acids is 1. The SMILES string of the molecule is O=C(CN1CCOCC1c1nc(-c2cccs2)no1)NCC1CCC1. The number of aromatic nitrogens is 2. The summed E-state index contributed by atoms with van der Waals surface area (Å²) in [5.74, 6) is 1.81. The van der Waals surface area contributed by atoms with Crippen LogP contribution < -0.4 is 5.32 Å². The van der Waals surface area contributed by atoms with E-state index in [1.165, 1.54) is 19.3 Å². The van der Waals surface area contributed by atoms with Gasteiger partial charge in [-0.15, -0.1) is 11.3 Å². The lowest BCUT2D eigenvalue weighted by atomic mass is 9.85. The Balaban J connectivity index is 1.39. The Kier molecular flexibility index (Phi) is 5.09. The molecule has 1 atom stereocenters. The van der Waals surface area contributed by atoms with Crippen LogP contribution in [-0.2, 0) is 9.53 Å². The van der Waals surface area contributed by atoms with E-state index in [0.29, 0.717) is 43.9 Å². The summed E-state index contributed by atoms with van der Waals surface area (Å²) >= 11 is 1.57. The number of amides is 1. The molecule has 2 aromatic rings. The fourth-order valence-electron chi connectivity index (χ4n) is 3.13. The van der Waals surface area contributed by atoms with Gasteiger partial charge in [-0.3, -0.25) is 9.69 Å². The van der Waals surface area contributed by atoms with Crippen LogP contribution in [0.15, 0.2) is 22.0 Å². The molecule has 0 aromatic carbocycles. The highest BCUT2D eigenvalue weighted by atomic mass is 32.1. The van der Waals surface area contributed by atoms with Crippen LogP contribution in [0, 0.1) is 5.92 Å². The van der Waals surface area contributed by atoms with Crippen molar-refractivity contribution in [3.05, 3.63) is 23.4 Å². The molecule has 2 aromatic heterocycles. The predicted octanol–water partition coefficient (Wildman–Crippen LogP) is 2.09. The van der Waals surface area contributed by atoms with E-state index in [9.17, 15) is 4.79 Å². The first-order valence-electron chi connectivity index (χ1n) is 8.75. The van der Waals surface area contributed by atoms with E-state index in [1.807, 2.05) is 17.5 Å². The van der Waals surface area contributed by atoms with Gasteiger partial charge in [0.25, 0.3) is 0 Å². The predicted molar refractivity (Wildman–Crippen MR) is 93.1 cm³/mol. The molecule has 1 aliphatic carbocycles. The number of carbonyl (C=O) groups is 1. The van der Waals surface area contributed by atoms with E-state index >= 15 is 0 Å². The molecule has 1 amide bonds. The van der Waals surface area contributed by atoms with Crippen molar-refractivity contribution < 1.29 is 14.1 Å². The summed E-state index contributed by atoms with van der Waals surface area (Å²) in [4.78, 5) is 19.8. The first-order chi connectivity index (χ1) is 12.3. The van der Waals surface area contributed by atoms with Crippen LogP contribution in [0.5, 0.6) is 0 Å². The van der Waals surface area contributed by atoms with Crippen molar-refractivity contribution in [1.82, 2.24) is 20.4 Å². The molecule has 0 radical (unpaired) electrons. The topological polar surface area (TPSA) is 80.5 Å². The van der Waals surface area contributed by atoms with Crippen molar-refractivity contribution in [1.29, 1.82) is 0 Å². The molecular weight excluding hydrogens is 340 g/mol. The highest BCUT2D eigenvalue weighted by Crippen LogP contribution is 2.27. The summed E-state index contributed by atoms with van der Waals surface area (Å²) in [5.41, 5.74) is 0. The average molecular weight is 362 g/mol. The van der Waals surface area contributed by atoms with Crippen LogP contribution in [0.2, 0.25) is 0 Å². The smallest absolute Gasteiger partial charge is 0.246 e. The van der Waals surface area contributed by atoms with E-state index in [0.717, 1.165) is 11.4 Å². The Bertz CT molecular complexity index is 699. The Morgan fingerprint density at radius 1 is 1.44 bits per heavy atom. The van der Waals surface area contributed by atoms with Gasteiger partial charge < -0.3 is 14.6 Å². The molecule has 2 fully saturated rings. The molecule has 1 N–H and O–H groups in total. The molecular formula is C17H22N4O3S. The second kappa shape index (κ2) is 7.63. The van der Waals surface area contributed by atoms with E-state index in [2.05, 4.69) is 20.4 Å². The summed E-state index contributed by atoms with van der Waals surface area (Å²) in [7, 11) is 0. The van der Waals surface area contributed by atoms with Crippen molar-refractivity contribution in [3.63, 3.8) is 0 Å². The maximum atomic E-state index is 12.3. The zero-order valence-electron chi connectivity index (χ0n) is 14.0. The van der Waals surface area contributed by atoms with Crippen molar-refractivity contribution in [2.45, 2.75) is 25.3 Å². The minimum absolute atomic E-state index is 0.0526. The average Bonchev–Trinajstić information content (AvgIpc) is 3.25. The third-order valence-corrected chi connectivity index (χ3v) is 5.73. The second-order valence-corrected chi connectivity index (χ2v) is 7.54. The van der Waals surface area contributed by atoms with Crippen LogP contribution in [0.4, 0.5) is 0 Å². The molecule has 1 unspecified atom stereocenters. The summed E-state index contributed by atoms with van der Waals surface area (Å²) in [6.07, 6.45) is 3.75. The van der Waals surface area contributed by atoms with Crippen LogP contribution >= 0.6 is 11.3 Å². The van der Waals surface area contributed by atoms with Crippen molar-refractivity contribution in [2.24, 2.45) is 5.92 Å². The fourth-order valence-corrected chi connectivity index (χ4v) is 3.78.